The molecule has 1 fully saturated rings. The Kier molecular flexibility index (Phi) is 6.82. The van der Waals surface area contributed by atoms with Gasteiger partial charge in [-0.25, -0.2) is 0 Å². The van der Waals surface area contributed by atoms with Gasteiger partial charge in [0.25, 0.3) is 5.91 Å². The lowest BCUT2D eigenvalue weighted by Crippen LogP contribution is -2.48. The first kappa shape index (κ1) is 20.8. The third kappa shape index (κ3) is 4.74. The molecule has 0 aromatic heterocycles. The molecule has 2 aromatic carbocycles. The number of amides is 1. The van der Waals surface area contributed by atoms with Crippen molar-refractivity contribution in [1.82, 2.24) is 9.80 Å². The molecule has 0 spiro atoms. The highest BCUT2D eigenvalue weighted by Crippen LogP contribution is 2.38. The van der Waals surface area contributed by atoms with Crippen LogP contribution in [0.1, 0.15) is 15.9 Å². The van der Waals surface area contributed by atoms with Gasteiger partial charge < -0.3 is 23.8 Å². The van der Waals surface area contributed by atoms with Crippen LogP contribution in [0, 0.1) is 0 Å². The number of ether oxygens (including phenoxy) is 4. The number of piperazine rings is 1. The van der Waals surface area contributed by atoms with E-state index in [2.05, 4.69) is 4.90 Å². The van der Waals surface area contributed by atoms with E-state index in [9.17, 15) is 4.79 Å². The normalized spacial score (nSPS) is 14.4. The van der Waals surface area contributed by atoms with Crippen molar-refractivity contribution in [2.45, 2.75) is 6.54 Å². The molecule has 3 rings (SSSR count). The Morgan fingerprint density at radius 2 is 1.41 bits per heavy atom. The zero-order chi connectivity index (χ0) is 20.8. The summed E-state index contributed by atoms with van der Waals surface area (Å²) < 4.78 is 21.4. The van der Waals surface area contributed by atoms with E-state index in [0.29, 0.717) is 35.9 Å². The number of carbonyl (C=O) groups excluding carboxylic acids is 1. The van der Waals surface area contributed by atoms with Gasteiger partial charge in [-0.2, -0.15) is 0 Å². The van der Waals surface area contributed by atoms with Crippen LogP contribution in [-0.4, -0.2) is 70.3 Å². The quantitative estimate of drug-likeness (QED) is 0.712. The third-order valence-electron chi connectivity index (χ3n) is 5.13. The maximum atomic E-state index is 12.7. The van der Waals surface area contributed by atoms with Crippen LogP contribution in [-0.2, 0) is 6.54 Å². The van der Waals surface area contributed by atoms with E-state index >= 15 is 0 Å². The van der Waals surface area contributed by atoms with Crippen LogP contribution >= 0.6 is 0 Å². The number of benzene rings is 2. The topological polar surface area (TPSA) is 60.5 Å². The monoisotopic (exact) mass is 400 g/mol. The molecule has 7 nitrogen and oxygen atoms in total. The number of nitrogens with zero attached hydrogens (tertiary/aromatic N) is 2. The van der Waals surface area contributed by atoms with E-state index in [-0.39, 0.29) is 5.91 Å². The van der Waals surface area contributed by atoms with Crippen molar-refractivity contribution in [1.29, 1.82) is 0 Å². The van der Waals surface area contributed by atoms with Crippen LogP contribution in [0.3, 0.4) is 0 Å². The molecule has 0 N–H and O–H groups in total. The zero-order valence-electron chi connectivity index (χ0n) is 17.4. The van der Waals surface area contributed by atoms with Crippen LogP contribution in [0.4, 0.5) is 0 Å². The minimum atomic E-state index is 0.0556. The summed E-state index contributed by atoms with van der Waals surface area (Å²) in [5.41, 5.74) is 1.76. The Balaban J connectivity index is 1.61. The van der Waals surface area contributed by atoms with Crippen molar-refractivity contribution < 1.29 is 23.7 Å². The standard InChI is InChI=1S/C22H28N2O5/c1-26-18-7-5-17(6-8-18)22(25)24-11-9-23(10-12-24)15-16-13-19(27-2)21(29-4)20(14-16)28-3/h5-8,13-14H,9-12,15H2,1-4H3. The van der Waals surface area contributed by atoms with Gasteiger partial charge in [-0.3, -0.25) is 9.69 Å². The molecule has 2 aromatic rings. The van der Waals surface area contributed by atoms with E-state index in [1.807, 2.05) is 41.3 Å². The van der Waals surface area contributed by atoms with Gasteiger partial charge in [0.1, 0.15) is 5.75 Å². The molecule has 0 unspecified atom stereocenters. The van der Waals surface area contributed by atoms with Crippen molar-refractivity contribution in [3.05, 3.63) is 47.5 Å². The van der Waals surface area contributed by atoms with Crippen LogP contribution in [0.25, 0.3) is 0 Å². The molecule has 0 radical (unpaired) electrons. The van der Waals surface area contributed by atoms with Gasteiger partial charge in [0.15, 0.2) is 11.5 Å². The van der Waals surface area contributed by atoms with Crippen molar-refractivity contribution in [3.63, 3.8) is 0 Å². The van der Waals surface area contributed by atoms with E-state index < -0.39 is 0 Å². The van der Waals surface area contributed by atoms with Crippen molar-refractivity contribution >= 4 is 5.91 Å². The highest BCUT2D eigenvalue weighted by Gasteiger charge is 2.23. The lowest BCUT2D eigenvalue weighted by Gasteiger charge is -2.35. The maximum Gasteiger partial charge on any atom is 0.253 e. The predicted molar refractivity (Wildman–Crippen MR) is 110 cm³/mol. The van der Waals surface area contributed by atoms with Crippen molar-refractivity contribution in [2.75, 3.05) is 54.6 Å². The summed E-state index contributed by atoms with van der Waals surface area (Å²) in [4.78, 5) is 16.9. The highest BCUT2D eigenvalue weighted by molar-refractivity contribution is 5.94. The number of carbonyl (C=O) groups is 1. The molecule has 0 saturated carbocycles. The smallest absolute Gasteiger partial charge is 0.253 e. The van der Waals surface area contributed by atoms with Crippen LogP contribution in [0.2, 0.25) is 0 Å². The molecule has 156 valence electrons. The fraction of sp³-hybridized carbons (Fsp3) is 0.409. The van der Waals surface area contributed by atoms with E-state index in [1.165, 1.54) is 0 Å². The number of methoxy groups -OCH3 is 4. The maximum absolute atomic E-state index is 12.7. The van der Waals surface area contributed by atoms with Gasteiger partial charge in [-0.1, -0.05) is 0 Å². The van der Waals surface area contributed by atoms with E-state index in [4.69, 9.17) is 18.9 Å². The first-order chi connectivity index (χ1) is 14.1. The summed E-state index contributed by atoms with van der Waals surface area (Å²) in [7, 11) is 6.44. The molecule has 0 atom stereocenters. The second-order valence-corrected chi connectivity index (χ2v) is 6.83. The average Bonchev–Trinajstić information content (AvgIpc) is 2.78. The Morgan fingerprint density at radius 3 is 1.90 bits per heavy atom. The second kappa shape index (κ2) is 9.52. The number of hydrogen-bond donors (Lipinski definition) is 0. The minimum absolute atomic E-state index is 0.0556. The Morgan fingerprint density at radius 1 is 0.828 bits per heavy atom. The molecule has 1 heterocycles. The fourth-order valence-corrected chi connectivity index (χ4v) is 3.51. The molecule has 0 bridgehead atoms. The fourth-order valence-electron chi connectivity index (χ4n) is 3.51. The van der Waals surface area contributed by atoms with E-state index in [1.54, 1.807) is 28.4 Å². The Bertz CT molecular complexity index is 805. The SMILES string of the molecule is COc1ccc(C(=O)N2CCN(Cc3cc(OC)c(OC)c(OC)c3)CC2)cc1. The van der Waals surface area contributed by atoms with Gasteiger partial charge in [-0.15, -0.1) is 0 Å². The van der Waals surface area contributed by atoms with Gasteiger partial charge in [-0.05, 0) is 42.0 Å². The summed E-state index contributed by atoms with van der Waals surface area (Å²) >= 11 is 0. The van der Waals surface area contributed by atoms with Crippen LogP contribution in [0.15, 0.2) is 36.4 Å². The molecule has 1 amide bonds. The van der Waals surface area contributed by atoms with Crippen molar-refractivity contribution in [3.8, 4) is 23.0 Å². The van der Waals surface area contributed by atoms with Gasteiger partial charge in [0.05, 0.1) is 28.4 Å². The zero-order valence-corrected chi connectivity index (χ0v) is 17.4. The van der Waals surface area contributed by atoms with Crippen molar-refractivity contribution in [2.24, 2.45) is 0 Å². The number of hydrogen-bond acceptors (Lipinski definition) is 6. The molecule has 1 saturated heterocycles. The predicted octanol–water partition coefficient (Wildman–Crippen LogP) is 2.68. The molecule has 1 aliphatic heterocycles. The highest BCUT2D eigenvalue weighted by atomic mass is 16.5. The summed E-state index contributed by atoms with van der Waals surface area (Å²) in [5.74, 6) is 2.69. The summed E-state index contributed by atoms with van der Waals surface area (Å²) in [6.07, 6.45) is 0. The third-order valence-corrected chi connectivity index (χ3v) is 5.13. The van der Waals surface area contributed by atoms with Gasteiger partial charge in [0, 0.05) is 38.3 Å². The summed E-state index contributed by atoms with van der Waals surface area (Å²) in [5, 5.41) is 0. The Labute approximate surface area is 171 Å². The summed E-state index contributed by atoms with van der Waals surface area (Å²) in [6, 6.07) is 11.2. The lowest BCUT2D eigenvalue weighted by molar-refractivity contribution is 0.0628. The summed E-state index contributed by atoms with van der Waals surface area (Å²) in [6.45, 7) is 3.74. The molecule has 0 aliphatic carbocycles. The molecular formula is C22H28N2O5. The second-order valence-electron chi connectivity index (χ2n) is 6.83. The van der Waals surface area contributed by atoms with E-state index in [0.717, 1.165) is 30.9 Å². The number of rotatable bonds is 7. The average molecular weight is 400 g/mol. The largest absolute Gasteiger partial charge is 0.497 e. The van der Waals surface area contributed by atoms with Gasteiger partial charge in [0.2, 0.25) is 5.75 Å². The molecule has 29 heavy (non-hydrogen) atoms. The molecular weight excluding hydrogens is 372 g/mol. The first-order valence-corrected chi connectivity index (χ1v) is 9.54. The first-order valence-electron chi connectivity index (χ1n) is 9.54. The van der Waals surface area contributed by atoms with Crippen LogP contribution in [0.5, 0.6) is 23.0 Å². The lowest BCUT2D eigenvalue weighted by atomic mass is 10.1. The Hall–Kier alpha value is -2.93. The van der Waals surface area contributed by atoms with Crippen LogP contribution < -0.4 is 18.9 Å². The molecule has 7 heteroatoms. The minimum Gasteiger partial charge on any atom is -0.497 e. The van der Waals surface area contributed by atoms with Gasteiger partial charge >= 0.3 is 0 Å². The molecule has 1 aliphatic rings.